The molecular weight excluding hydrogens is 392 g/mol. The van der Waals surface area contributed by atoms with Crippen molar-refractivity contribution in [2.24, 2.45) is 0 Å². The van der Waals surface area contributed by atoms with E-state index in [1.807, 2.05) is 25.1 Å². The summed E-state index contributed by atoms with van der Waals surface area (Å²) in [5.74, 6) is 1.15. The zero-order chi connectivity index (χ0) is 20.4. The molecule has 29 heavy (non-hydrogen) atoms. The fourth-order valence-corrected chi connectivity index (χ4v) is 3.22. The number of hydrogen-bond acceptors (Lipinski definition) is 6. The highest BCUT2D eigenvalue weighted by atomic mass is 35.5. The fourth-order valence-electron chi connectivity index (χ4n) is 3.08. The highest BCUT2D eigenvalue weighted by molar-refractivity contribution is 6.29. The molecule has 0 N–H and O–H groups in total. The van der Waals surface area contributed by atoms with E-state index in [-0.39, 0.29) is 22.3 Å². The molecule has 1 heterocycles. The van der Waals surface area contributed by atoms with Crippen LogP contribution in [0.4, 0.5) is 0 Å². The third kappa shape index (κ3) is 4.17. The van der Waals surface area contributed by atoms with Crippen LogP contribution in [-0.4, -0.2) is 23.3 Å². The second kappa shape index (κ2) is 8.09. The van der Waals surface area contributed by atoms with E-state index in [0.29, 0.717) is 17.4 Å². The Kier molecular flexibility index (Phi) is 5.36. The molecule has 0 aliphatic heterocycles. The topological polar surface area (TPSA) is 70.5 Å². The smallest absolute Gasteiger partial charge is 0.347 e. The van der Waals surface area contributed by atoms with Crippen LogP contribution in [0.1, 0.15) is 40.2 Å². The van der Waals surface area contributed by atoms with Crippen LogP contribution in [0.3, 0.4) is 0 Å². The average molecular weight is 411 g/mol. The van der Waals surface area contributed by atoms with Gasteiger partial charge in [-0.05, 0) is 48.9 Å². The van der Waals surface area contributed by atoms with E-state index >= 15 is 0 Å². The van der Waals surface area contributed by atoms with Crippen LogP contribution in [0.25, 0.3) is 0 Å². The number of methoxy groups -OCH3 is 1. The standard InChI is InChI=1S/C22H19ClN2O4/c1-13-6-5-8-15(14-10-11-14)20(13)29-21-18(12-19(23)24-25-21)28-22(26)16-7-3-4-9-17(16)27-2/h3-9,12,14H,10-11H2,1-2H3. The first-order valence-corrected chi connectivity index (χ1v) is 9.60. The Balaban J connectivity index is 1.66. The molecule has 1 aromatic heterocycles. The minimum Gasteiger partial charge on any atom is -0.496 e. The van der Waals surface area contributed by atoms with Gasteiger partial charge in [-0.3, -0.25) is 0 Å². The van der Waals surface area contributed by atoms with Crippen LogP contribution in [-0.2, 0) is 0 Å². The normalized spacial score (nSPS) is 13.1. The number of carbonyl (C=O) groups excluding carboxylic acids is 1. The molecule has 7 heteroatoms. The zero-order valence-corrected chi connectivity index (χ0v) is 16.8. The van der Waals surface area contributed by atoms with Crippen molar-refractivity contribution in [2.75, 3.05) is 7.11 Å². The van der Waals surface area contributed by atoms with E-state index in [1.165, 1.54) is 13.2 Å². The molecule has 2 aromatic carbocycles. The van der Waals surface area contributed by atoms with Gasteiger partial charge in [-0.2, -0.15) is 0 Å². The summed E-state index contributed by atoms with van der Waals surface area (Å²) in [6.07, 6.45) is 2.25. The number of ether oxygens (including phenoxy) is 3. The second-order valence-electron chi connectivity index (χ2n) is 6.80. The maximum atomic E-state index is 12.7. The first-order valence-electron chi connectivity index (χ1n) is 9.22. The lowest BCUT2D eigenvalue weighted by atomic mass is 10.1. The summed E-state index contributed by atoms with van der Waals surface area (Å²) in [5, 5.41) is 7.95. The van der Waals surface area contributed by atoms with Gasteiger partial charge in [0.05, 0.1) is 7.11 Å². The number of aromatic nitrogens is 2. The number of halogens is 1. The van der Waals surface area contributed by atoms with Crippen LogP contribution in [0.2, 0.25) is 5.15 Å². The van der Waals surface area contributed by atoms with Crippen LogP contribution in [0.5, 0.6) is 23.1 Å². The van der Waals surface area contributed by atoms with Crippen molar-refractivity contribution >= 4 is 17.6 Å². The lowest BCUT2D eigenvalue weighted by Gasteiger charge is -2.15. The van der Waals surface area contributed by atoms with E-state index in [2.05, 4.69) is 10.2 Å². The van der Waals surface area contributed by atoms with Gasteiger partial charge in [0.15, 0.2) is 10.9 Å². The molecule has 6 nitrogen and oxygen atoms in total. The second-order valence-corrected chi connectivity index (χ2v) is 7.18. The third-order valence-electron chi connectivity index (χ3n) is 4.69. The summed E-state index contributed by atoms with van der Waals surface area (Å²) in [4.78, 5) is 12.7. The molecule has 148 valence electrons. The van der Waals surface area contributed by atoms with Gasteiger partial charge in [0.1, 0.15) is 17.1 Å². The summed E-state index contributed by atoms with van der Waals surface area (Å²) < 4.78 is 16.9. The van der Waals surface area contributed by atoms with Gasteiger partial charge < -0.3 is 14.2 Å². The summed E-state index contributed by atoms with van der Waals surface area (Å²) in [6.45, 7) is 1.96. The number of aryl methyl sites for hydroxylation is 1. The third-order valence-corrected chi connectivity index (χ3v) is 4.87. The zero-order valence-electron chi connectivity index (χ0n) is 16.0. The van der Waals surface area contributed by atoms with Gasteiger partial charge >= 0.3 is 5.97 Å². The van der Waals surface area contributed by atoms with E-state index in [9.17, 15) is 4.79 Å². The van der Waals surface area contributed by atoms with Crippen molar-refractivity contribution in [2.45, 2.75) is 25.7 Å². The molecule has 1 saturated carbocycles. The first-order chi connectivity index (χ1) is 14.1. The predicted molar refractivity (Wildman–Crippen MR) is 108 cm³/mol. The molecule has 0 saturated heterocycles. The highest BCUT2D eigenvalue weighted by Gasteiger charge is 2.28. The quantitative estimate of drug-likeness (QED) is 0.511. The number of nitrogens with zero attached hydrogens (tertiary/aromatic N) is 2. The minimum atomic E-state index is -0.608. The Morgan fingerprint density at radius 2 is 1.86 bits per heavy atom. The Labute approximate surface area is 173 Å². The highest BCUT2D eigenvalue weighted by Crippen LogP contribution is 2.47. The van der Waals surface area contributed by atoms with Gasteiger partial charge in [-0.1, -0.05) is 41.9 Å². The van der Waals surface area contributed by atoms with Crippen molar-refractivity contribution in [1.29, 1.82) is 0 Å². The largest absolute Gasteiger partial charge is 0.496 e. The minimum absolute atomic E-state index is 0.0776. The number of para-hydroxylation sites is 2. The average Bonchev–Trinajstić information content (AvgIpc) is 3.56. The number of benzene rings is 2. The Morgan fingerprint density at radius 3 is 2.62 bits per heavy atom. The number of carbonyl (C=O) groups is 1. The molecule has 1 aliphatic rings. The molecule has 1 aliphatic carbocycles. The van der Waals surface area contributed by atoms with Crippen molar-refractivity contribution < 1.29 is 19.0 Å². The molecule has 3 aromatic rings. The lowest BCUT2D eigenvalue weighted by molar-refractivity contribution is 0.0725. The molecule has 0 unspecified atom stereocenters. The summed E-state index contributed by atoms with van der Waals surface area (Å²) >= 11 is 5.99. The van der Waals surface area contributed by atoms with E-state index < -0.39 is 5.97 Å². The predicted octanol–water partition coefficient (Wildman–Crippen LogP) is 5.34. The van der Waals surface area contributed by atoms with E-state index in [4.69, 9.17) is 25.8 Å². The molecular formula is C22H19ClN2O4. The Morgan fingerprint density at radius 1 is 1.07 bits per heavy atom. The van der Waals surface area contributed by atoms with Crippen LogP contribution in [0.15, 0.2) is 48.5 Å². The maximum absolute atomic E-state index is 12.7. The Hall–Kier alpha value is -3.12. The lowest BCUT2D eigenvalue weighted by Crippen LogP contribution is -2.11. The van der Waals surface area contributed by atoms with Crippen molar-refractivity contribution in [3.63, 3.8) is 0 Å². The van der Waals surface area contributed by atoms with E-state index in [1.54, 1.807) is 24.3 Å². The molecule has 0 amide bonds. The van der Waals surface area contributed by atoms with Crippen LogP contribution >= 0.6 is 11.6 Å². The van der Waals surface area contributed by atoms with Crippen molar-refractivity contribution in [3.8, 4) is 23.1 Å². The SMILES string of the molecule is COc1ccccc1C(=O)Oc1cc(Cl)nnc1Oc1c(C)cccc1C1CC1. The summed E-state index contributed by atoms with van der Waals surface area (Å²) in [5.41, 5.74) is 2.36. The molecule has 0 bridgehead atoms. The fraction of sp³-hybridized carbons (Fsp3) is 0.227. The van der Waals surface area contributed by atoms with Gasteiger partial charge in [0.25, 0.3) is 5.88 Å². The van der Waals surface area contributed by atoms with Crippen molar-refractivity contribution in [3.05, 3.63) is 70.4 Å². The number of hydrogen-bond donors (Lipinski definition) is 0. The van der Waals surface area contributed by atoms with Crippen molar-refractivity contribution in [1.82, 2.24) is 10.2 Å². The molecule has 0 radical (unpaired) electrons. The van der Waals surface area contributed by atoms with Gasteiger partial charge in [0.2, 0.25) is 0 Å². The molecule has 4 rings (SSSR count). The molecule has 1 fully saturated rings. The first kappa shape index (κ1) is 19.2. The Bertz CT molecular complexity index is 1070. The van der Waals surface area contributed by atoms with Crippen LogP contribution < -0.4 is 14.2 Å². The van der Waals surface area contributed by atoms with Gasteiger partial charge in [0, 0.05) is 6.07 Å². The van der Waals surface area contributed by atoms with Gasteiger partial charge in [-0.15, -0.1) is 10.2 Å². The number of rotatable bonds is 6. The number of esters is 1. The monoisotopic (exact) mass is 410 g/mol. The summed E-state index contributed by atoms with van der Waals surface area (Å²) in [6, 6.07) is 14.2. The molecule has 0 spiro atoms. The maximum Gasteiger partial charge on any atom is 0.347 e. The van der Waals surface area contributed by atoms with Crippen LogP contribution in [0, 0.1) is 6.92 Å². The van der Waals surface area contributed by atoms with Gasteiger partial charge in [-0.25, -0.2) is 4.79 Å². The summed E-state index contributed by atoms with van der Waals surface area (Å²) in [7, 11) is 1.49. The molecule has 0 atom stereocenters. The van der Waals surface area contributed by atoms with E-state index in [0.717, 1.165) is 24.0 Å².